The molecule has 0 saturated carbocycles. The van der Waals surface area contributed by atoms with Crippen molar-refractivity contribution in [3.63, 3.8) is 0 Å². The van der Waals surface area contributed by atoms with E-state index in [4.69, 9.17) is 0 Å². The molecule has 1 aliphatic rings. The molecule has 1 saturated heterocycles. The molecule has 132 valence electrons. The number of carbonyl (C=O) groups excluding carboxylic acids is 2. The van der Waals surface area contributed by atoms with Crippen LogP contribution in [0, 0.1) is 5.82 Å². The second-order valence-electron chi connectivity index (χ2n) is 5.75. The smallest absolute Gasteiger partial charge is 0.407 e. The van der Waals surface area contributed by atoms with Crippen molar-refractivity contribution in [3.8, 4) is 11.3 Å². The molecular weight excluding hydrogens is 327 g/mol. The van der Waals surface area contributed by atoms with E-state index >= 15 is 0 Å². The van der Waals surface area contributed by atoms with E-state index in [0.717, 1.165) is 12.8 Å². The van der Waals surface area contributed by atoms with Gasteiger partial charge in [-0.25, -0.2) is 14.2 Å². The zero-order valence-corrected chi connectivity index (χ0v) is 13.8. The molecule has 7 nitrogen and oxygen atoms in total. The molecule has 3 rings (SSSR count). The Morgan fingerprint density at radius 1 is 1.44 bits per heavy atom. The van der Waals surface area contributed by atoms with Crippen LogP contribution in [0.15, 0.2) is 30.5 Å². The number of ether oxygens (including phenoxy) is 1. The summed E-state index contributed by atoms with van der Waals surface area (Å²) >= 11 is 0. The van der Waals surface area contributed by atoms with Gasteiger partial charge in [-0.15, -0.1) is 0 Å². The third-order valence-corrected chi connectivity index (χ3v) is 4.22. The van der Waals surface area contributed by atoms with Gasteiger partial charge in [0.2, 0.25) is 5.91 Å². The monoisotopic (exact) mass is 346 g/mol. The van der Waals surface area contributed by atoms with Gasteiger partial charge in [-0.2, -0.15) is 0 Å². The molecule has 2 aromatic rings. The maximum absolute atomic E-state index is 13.9. The number of aromatic amines is 1. The van der Waals surface area contributed by atoms with E-state index in [2.05, 4.69) is 20.0 Å². The summed E-state index contributed by atoms with van der Waals surface area (Å²) in [5, 5.41) is 2.39. The van der Waals surface area contributed by atoms with Crippen molar-refractivity contribution in [1.29, 1.82) is 0 Å². The number of halogens is 1. The Bertz CT molecular complexity index is 777. The highest BCUT2D eigenvalue weighted by Crippen LogP contribution is 2.31. The van der Waals surface area contributed by atoms with Gasteiger partial charge in [-0.05, 0) is 25.0 Å². The van der Waals surface area contributed by atoms with Crippen LogP contribution in [0.25, 0.3) is 11.3 Å². The van der Waals surface area contributed by atoms with E-state index in [1.54, 1.807) is 29.3 Å². The fourth-order valence-electron chi connectivity index (χ4n) is 2.99. The molecule has 1 aromatic carbocycles. The summed E-state index contributed by atoms with van der Waals surface area (Å²) in [5.74, 6) is 0.0678. The van der Waals surface area contributed by atoms with Crippen LogP contribution >= 0.6 is 0 Å². The highest BCUT2D eigenvalue weighted by Gasteiger charge is 2.32. The van der Waals surface area contributed by atoms with E-state index in [1.165, 1.54) is 13.2 Å². The number of carbonyl (C=O) groups is 2. The molecule has 1 atom stereocenters. The van der Waals surface area contributed by atoms with Crippen molar-refractivity contribution < 1.29 is 18.7 Å². The first-order valence-electron chi connectivity index (χ1n) is 8.01. The molecule has 1 aliphatic heterocycles. The summed E-state index contributed by atoms with van der Waals surface area (Å²) in [6.07, 6.45) is 2.52. The van der Waals surface area contributed by atoms with Crippen LogP contribution in [0.2, 0.25) is 0 Å². The first kappa shape index (κ1) is 16.9. The van der Waals surface area contributed by atoms with Crippen LogP contribution in [-0.4, -0.2) is 47.1 Å². The summed E-state index contributed by atoms with van der Waals surface area (Å²) in [4.78, 5) is 32.6. The van der Waals surface area contributed by atoms with Crippen LogP contribution in [0.1, 0.15) is 24.7 Å². The summed E-state index contributed by atoms with van der Waals surface area (Å²) in [6, 6.07) is 6.22. The van der Waals surface area contributed by atoms with Crippen molar-refractivity contribution in [1.82, 2.24) is 20.2 Å². The zero-order chi connectivity index (χ0) is 17.8. The molecule has 25 heavy (non-hydrogen) atoms. The molecule has 0 unspecified atom stereocenters. The lowest BCUT2D eigenvalue weighted by Gasteiger charge is -2.23. The van der Waals surface area contributed by atoms with Gasteiger partial charge in [0.15, 0.2) is 0 Å². The first-order valence-corrected chi connectivity index (χ1v) is 8.01. The Morgan fingerprint density at radius 3 is 3.00 bits per heavy atom. The van der Waals surface area contributed by atoms with Gasteiger partial charge in [0.25, 0.3) is 0 Å². The summed E-state index contributed by atoms with van der Waals surface area (Å²) in [6.45, 7) is 0.451. The van der Waals surface area contributed by atoms with E-state index in [0.29, 0.717) is 23.6 Å². The maximum Gasteiger partial charge on any atom is 0.407 e. The Balaban J connectivity index is 1.74. The molecule has 0 bridgehead atoms. The first-order chi connectivity index (χ1) is 12.1. The maximum atomic E-state index is 13.9. The number of H-pyrrole nitrogens is 1. The van der Waals surface area contributed by atoms with Gasteiger partial charge >= 0.3 is 6.09 Å². The second-order valence-corrected chi connectivity index (χ2v) is 5.75. The molecule has 2 amide bonds. The largest absolute Gasteiger partial charge is 0.453 e. The SMILES string of the molecule is COC(=O)NCC(=O)N1CCC[C@H]1c1ncc(-c2ccccc2F)[nH]1. The molecule has 0 aliphatic carbocycles. The van der Waals surface area contributed by atoms with Gasteiger partial charge in [0, 0.05) is 12.1 Å². The van der Waals surface area contributed by atoms with Crippen LogP contribution in [0.3, 0.4) is 0 Å². The van der Waals surface area contributed by atoms with Crippen LogP contribution in [0.5, 0.6) is 0 Å². The van der Waals surface area contributed by atoms with Gasteiger partial charge in [0.1, 0.15) is 18.2 Å². The lowest BCUT2D eigenvalue weighted by atomic mass is 10.1. The number of benzene rings is 1. The molecule has 1 aromatic heterocycles. The number of hydrogen-bond donors (Lipinski definition) is 2. The quantitative estimate of drug-likeness (QED) is 0.889. The third kappa shape index (κ3) is 3.62. The normalized spacial score (nSPS) is 16.7. The zero-order valence-electron chi connectivity index (χ0n) is 13.8. The van der Waals surface area contributed by atoms with E-state index < -0.39 is 6.09 Å². The number of likely N-dealkylation sites (tertiary alicyclic amines) is 1. The Morgan fingerprint density at radius 2 is 2.24 bits per heavy atom. The minimum Gasteiger partial charge on any atom is -0.453 e. The van der Waals surface area contributed by atoms with E-state index in [9.17, 15) is 14.0 Å². The number of nitrogens with zero attached hydrogens (tertiary/aromatic N) is 2. The average Bonchev–Trinajstić information content (AvgIpc) is 3.28. The number of alkyl carbamates (subject to hydrolysis) is 1. The van der Waals surface area contributed by atoms with Crippen LogP contribution in [0.4, 0.5) is 9.18 Å². The number of rotatable bonds is 4. The Labute approximate surface area is 144 Å². The van der Waals surface area contributed by atoms with Gasteiger partial charge in [0.05, 0.1) is 25.0 Å². The van der Waals surface area contributed by atoms with E-state index in [1.807, 2.05) is 0 Å². The summed E-state index contributed by atoms with van der Waals surface area (Å²) in [7, 11) is 1.24. The van der Waals surface area contributed by atoms with E-state index in [-0.39, 0.29) is 24.3 Å². The minimum atomic E-state index is -0.649. The van der Waals surface area contributed by atoms with Gasteiger partial charge in [-0.1, -0.05) is 12.1 Å². The number of hydrogen-bond acceptors (Lipinski definition) is 4. The topological polar surface area (TPSA) is 87.3 Å². The Kier molecular flexibility index (Phi) is 4.97. The Hall–Kier alpha value is -2.90. The standard InChI is InChI=1S/C17H19FN4O3/c1-25-17(24)20-10-15(23)22-8-4-7-14(22)16-19-9-13(21-16)11-5-2-3-6-12(11)18/h2-3,5-6,9,14H,4,7-8,10H2,1H3,(H,19,21)(H,20,24)/t14-/m0/s1. The molecule has 8 heteroatoms. The number of amides is 2. The number of imidazole rings is 1. The minimum absolute atomic E-state index is 0.135. The number of methoxy groups -OCH3 is 1. The average molecular weight is 346 g/mol. The highest BCUT2D eigenvalue weighted by atomic mass is 19.1. The highest BCUT2D eigenvalue weighted by molar-refractivity contribution is 5.82. The number of aromatic nitrogens is 2. The lowest BCUT2D eigenvalue weighted by molar-refractivity contribution is -0.131. The molecular formula is C17H19FN4O3. The second kappa shape index (κ2) is 7.33. The third-order valence-electron chi connectivity index (χ3n) is 4.22. The van der Waals surface area contributed by atoms with Crippen molar-refractivity contribution in [2.24, 2.45) is 0 Å². The predicted octanol–water partition coefficient (Wildman–Crippen LogP) is 2.24. The fourth-order valence-corrected chi connectivity index (χ4v) is 2.99. The molecule has 0 radical (unpaired) electrons. The van der Waals surface area contributed by atoms with Crippen molar-refractivity contribution in [2.45, 2.75) is 18.9 Å². The summed E-state index contributed by atoms with van der Waals surface area (Å²) < 4.78 is 18.4. The van der Waals surface area contributed by atoms with Crippen molar-refractivity contribution in [3.05, 3.63) is 42.1 Å². The molecule has 0 spiro atoms. The van der Waals surface area contributed by atoms with Crippen LogP contribution < -0.4 is 5.32 Å². The van der Waals surface area contributed by atoms with Gasteiger partial charge < -0.3 is 19.9 Å². The fraction of sp³-hybridized carbons (Fsp3) is 0.353. The molecule has 2 N–H and O–H groups in total. The van der Waals surface area contributed by atoms with Gasteiger partial charge in [-0.3, -0.25) is 4.79 Å². The summed E-state index contributed by atoms with van der Waals surface area (Å²) in [5.41, 5.74) is 1.00. The predicted molar refractivity (Wildman–Crippen MR) is 88.1 cm³/mol. The van der Waals surface area contributed by atoms with Crippen molar-refractivity contribution in [2.75, 3.05) is 20.2 Å². The number of nitrogens with one attached hydrogen (secondary N) is 2. The molecule has 1 fully saturated rings. The van der Waals surface area contributed by atoms with Crippen LogP contribution in [-0.2, 0) is 9.53 Å². The lowest BCUT2D eigenvalue weighted by Crippen LogP contribution is -2.40. The van der Waals surface area contributed by atoms with Crippen molar-refractivity contribution >= 4 is 12.0 Å². The molecule has 2 heterocycles.